The Morgan fingerprint density at radius 2 is 1.93 bits per heavy atom. The largest absolute Gasteiger partial charge is 0.496 e. The van der Waals surface area contributed by atoms with Crippen LogP contribution in [-0.4, -0.2) is 25.4 Å². The van der Waals surface area contributed by atoms with E-state index >= 15 is 0 Å². The maximum Gasteiger partial charge on any atom is 0.124 e. The Morgan fingerprint density at radius 3 is 2.53 bits per heavy atom. The lowest BCUT2D eigenvalue weighted by molar-refractivity contribution is -0.133. The summed E-state index contributed by atoms with van der Waals surface area (Å²) in [5.74, 6) is 0.745. The molecule has 15 heavy (non-hydrogen) atoms. The molecule has 3 nitrogen and oxygen atoms in total. The third kappa shape index (κ3) is 1.73. The molecule has 0 saturated heterocycles. The van der Waals surface area contributed by atoms with Crippen LogP contribution in [0.4, 0.5) is 0 Å². The molecule has 2 rings (SSSR count). The van der Waals surface area contributed by atoms with Gasteiger partial charge in [-0.2, -0.15) is 0 Å². The minimum atomic E-state index is -0.771. The van der Waals surface area contributed by atoms with Crippen LogP contribution in [0.3, 0.4) is 0 Å². The van der Waals surface area contributed by atoms with Crippen molar-refractivity contribution < 1.29 is 14.6 Å². The second-order valence-electron chi connectivity index (χ2n) is 4.00. The predicted octanol–water partition coefficient (Wildman–Crippen LogP) is 1.69. The van der Waals surface area contributed by atoms with Crippen molar-refractivity contribution in [2.75, 3.05) is 14.2 Å². The molecule has 0 atom stereocenters. The van der Waals surface area contributed by atoms with E-state index in [9.17, 15) is 5.11 Å². The van der Waals surface area contributed by atoms with Gasteiger partial charge in [0.15, 0.2) is 0 Å². The third-order valence-corrected chi connectivity index (χ3v) is 3.07. The van der Waals surface area contributed by atoms with Crippen LogP contribution in [0.5, 0.6) is 5.75 Å². The van der Waals surface area contributed by atoms with Crippen LogP contribution in [0.1, 0.15) is 18.4 Å². The zero-order chi connectivity index (χ0) is 10.9. The molecule has 0 radical (unpaired) electrons. The van der Waals surface area contributed by atoms with Gasteiger partial charge in [-0.25, -0.2) is 0 Å². The zero-order valence-corrected chi connectivity index (χ0v) is 9.06. The van der Waals surface area contributed by atoms with Gasteiger partial charge in [0.1, 0.15) is 5.75 Å². The van der Waals surface area contributed by atoms with Gasteiger partial charge in [-0.05, 0) is 6.07 Å². The van der Waals surface area contributed by atoms with Crippen LogP contribution in [0, 0.1) is 0 Å². The molecular weight excluding hydrogens is 192 g/mol. The van der Waals surface area contributed by atoms with Crippen LogP contribution in [0.15, 0.2) is 24.3 Å². The van der Waals surface area contributed by atoms with Gasteiger partial charge in [0.25, 0.3) is 0 Å². The van der Waals surface area contributed by atoms with Crippen LogP contribution in [0.25, 0.3) is 0 Å². The molecular formula is C12H16O3. The second kappa shape index (κ2) is 3.83. The molecule has 0 amide bonds. The van der Waals surface area contributed by atoms with Gasteiger partial charge in [-0.1, -0.05) is 18.2 Å². The number of aliphatic hydroxyl groups is 1. The van der Waals surface area contributed by atoms with Gasteiger partial charge >= 0.3 is 0 Å². The number of rotatable bonds is 3. The van der Waals surface area contributed by atoms with Gasteiger partial charge in [-0.15, -0.1) is 0 Å². The summed E-state index contributed by atoms with van der Waals surface area (Å²) in [5, 5.41) is 10.3. The fourth-order valence-electron chi connectivity index (χ4n) is 2.11. The third-order valence-electron chi connectivity index (χ3n) is 3.07. The van der Waals surface area contributed by atoms with Crippen molar-refractivity contribution in [3.63, 3.8) is 0 Å². The molecule has 1 aromatic carbocycles. The van der Waals surface area contributed by atoms with Crippen molar-refractivity contribution >= 4 is 0 Å². The van der Waals surface area contributed by atoms with E-state index in [0.29, 0.717) is 12.8 Å². The summed E-state index contributed by atoms with van der Waals surface area (Å²) < 4.78 is 10.4. The van der Waals surface area contributed by atoms with Crippen molar-refractivity contribution in [1.82, 2.24) is 0 Å². The van der Waals surface area contributed by atoms with Gasteiger partial charge in [-0.3, -0.25) is 0 Å². The second-order valence-corrected chi connectivity index (χ2v) is 4.00. The summed E-state index contributed by atoms with van der Waals surface area (Å²) in [6, 6.07) is 7.59. The van der Waals surface area contributed by atoms with Crippen molar-refractivity contribution in [3.05, 3.63) is 29.8 Å². The number of hydrogen-bond acceptors (Lipinski definition) is 3. The summed E-state index contributed by atoms with van der Waals surface area (Å²) in [7, 11) is 3.29. The smallest absolute Gasteiger partial charge is 0.124 e. The van der Waals surface area contributed by atoms with Gasteiger partial charge in [0.05, 0.1) is 18.8 Å². The summed E-state index contributed by atoms with van der Waals surface area (Å²) in [6.45, 7) is 0. The van der Waals surface area contributed by atoms with Crippen molar-refractivity contribution in [2.45, 2.75) is 24.5 Å². The molecule has 1 N–H and O–H groups in total. The molecule has 0 heterocycles. The fourth-order valence-corrected chi connectivity index (χ4v) is 2.11. The van der Waals surface area contributed by atoms with E-state index in [1.165, 1.54) is 0 Å². The van der Waals surface area contributed by atoms with Crippen molar-refractivity contribution in [2.24, 2.45) is 0 Å². The number of hydrogen-bond donors (Lipinski definition) is 1. The summed E-state index contributed by atoms with van der Waals surface area (Å²) in [5.41, 5.74) is 0.0913. The summed E-state index contributed by atoms with van der Waals surface area (Å²) in [4.78, 5) is 0. The first-order valence-corrected chi connectivity index (χ1v) is 5.08. The lowest BCUT2D eigenvalue weighted by Crippen LogP contribution is -2.45. The van der Waals surface area contributed by atoms with E-state index < -0.39 is 5.60 Å². The average molecular weight is 208 g/mol. The van der Waals surface area contributed by atoms with Crippen molar-refractivity contribution in [1.29, 1.82) is 0 Å². The monoisotopic (exact) mass is 208 g/mol. The lowest BCUT2D eigenvalue weighted by Gasteiger charge is -2.43. The SMILES string of the molecule is COc1ccccc1C1(O)CC(OC)C1. The Kier molecular flexibility index (Phi) is 2.67. The normalized spacial score (nSPS) is 29.7. The maximum absolute atomic E-state index is 10.3. The van der Waals surface area contributed by atoms with E-state index in [1.54, 1.807) is 14.2 Å². The highest BCUT2D eigenvalue weighted by molar-refractivity contribution is 5.39. The molecule has 0 bridgehead atoms. The maximum atomic E-state index is 10.3. The Hall–Kier alpha value is -1.06. The molecule has 0 unspecified atom stereocenters. The van der Waals surface area contributed by atoms with Crippen molar-refractivity contribution in [3.8, 4) is 5.75 Å². The molecule has 1 fully saturated rings. The van der Waals surface area contributed by atoms with E-state index in [-0.39, 0.29) is 6.10 Å². The number of para-hydroxylation sites is 1. The minimum absolute atomic E-state index is 0.167. The molecule has 1 aromatic rings. The summed E-state index contributed by atoms with van der Waals surface area (Å²) >= 11 is 0. The van der Waals surface area contributed by atoms with Gasteiger partial charge < -0.3 is 14.6 Å². The predicted molar refractivity (Wildman–Crippen MR) is 56.9 cm³/mol. The van der Waals surface area contributed by atoms with E-state index in [0.717, 1.165) is 11.3 Å². The molecule has 1 saturated carbocycles. The first-order valence-electron chi connectivity index (χ1n) is 5.08. The number of benzene rings is 1. The first kappa shape index (κ1) is 10.5. The van der Waals surface area contributed by atoms with Crippen LogP contribution in [0.2, 0.25) is 0 Å². The molecule has 1 aliphatic carbocycles. The Bertz CT molecular complexity index is 342. The molecule has 0 aliphatic heterocycles. The molecule has 0 aromatic heterocycles. The van der Waals surface area contributed by atoms with E-state index in [2.05, 4.69) is 0 Å². The Morgan fingerprint density at radius 1 is 1.27 bits per heavy atom. The molecule has 3 heteroatoms. The van der Waals surface area contributed by atoms with Crippen LogP contribution >= 0.6 is 0 Å². The molecule has 0 spiro atoms. The highest BCUT2D eigenvalue weighted by atomic mass is 16.5. The van der Waals surface area contributed by atoms with E-state index in [1.807, 2.05) is 24.3 Å². The quantitative estimate of drug-likeness (QED) is 0.821. The van der Waals surface area contributed by atoms with Crippen LogP contribution < -0.4 is 4.74 Å². The zero-order valence-electron chi connectivity index (χ0n) is 9.06. The topological polar surface area (TPSA) is 38.7 Å². The van der Waals surface area contributed by atoms with Crippen LogP contribution in [-0.2, 0) is 10.3 Å². The Balaban J connectivity index is 2.23. The average Bonchev–Trinajstić information content (AvgIpc) is 2.24. The van der Waals surface area contributed by atoms with Gasteiger partial charge in [0, 0.05) is 25.5 Å². The molecule has 1 aliphatic rings. The number of ether oxygens (including phenoxy) is 2. The standard InChI is InChI=1S/C12H16O3/c1-14-9-7-12(13,8-9)10-5-3-4-6-11(10)15-2/h3-6,9,13H,7-8H2,1-2H3. The lowest BCUT2D eigenvalue weighted by atomic mass is 9.72. The van der Waals surface area contributed by atoms with E-state index in [4.69, 9.17) is 9.47 Å². The number of methoxy groups -OCH3 is 2. The minimum Gasteiger partial charge on any atom is -0.496 e. The fraction of sp³-hybridized carbons (Fsp3) is 0.500. The highest BCUT2D eigenvalue weighted by Crippen LogP contribution is 2.45. The molecule has 82 valence electrons. The first-order chi connectivity index (χ1) is 7.19. The Labute approximate surface area is 89.6 Å². The highest BCUT2D eigenvalue weighted by Gasteiger charge is 2.45. The van der Waals surface area contributed by atoms with Gasteiger partial charge in [0.2, 0.25) is 0 Å². The summed E-state index contributed by atoms with van der Waals surface area (Å²) in [6.07, 6.45) is 1.45.